The van der Waals surface area contributed by atoms with Gasteiger partial charge in [0.2, 0.25) is 0 Å². The zero-order valence-corrected chi connectivity index (χ0v) is 17.8. The summed E-state index contributed by atoms with van der Waals surface area (Å²) in [6.07, 6.45) is 5.54. The highest BCUT2D eigenvalue weighted by Crippen LogP contribution is 2.34. The Morgan fingerprint density at radius 2 is 1.71 bits per heavy atom. The first-order valence-corrected chi connectivity index (χ1v) is 11.4. The first-order chi connectivity index (χ1) is 15.3. The van der Waals surface area contributed by atoms with Gasteiger partial charge >= 0.3 is 0 Å². The molecule has 1 aromatic heterocycles. The first kappa shape index (κ1) is 18.7. The van der Waals surface area contributed by atoms with Gasteiger partial charge in [-0.1, -0.05) is 12.1 Å². The highest BCUT2D eigenvalue weighted by Gasteiger charge is 2.34. The number of fused-ring (bicyclic) bond motifs is 3. The molecule has 2 saturated heterocycles. The van der Waals surface area contributed by atoms with Crippen molar-refractivity contribution < 1.29 is 0 Å². The molecule has 3 aromatic rings. The van der Waals surface area contributed by atoms with E-state index in [2.05, 4.69) is 56.1 Å². The molecule has 6 rings (SSSR count). The van der Waals surface area contributed by atoms with Gasteiger partial charge in [0.15, 0.2) is 0 Å². The van der Waals surface area contributed by atoms with Crippen LogP contribution in [0.1, 0.15) is 23.1 Å². The van der Waals surface area contributed by atoms with Gasteiger partial charge in [-0.25, -0.2) is 0 Å². The van der Waals surface area contributed by atoms with E-state index < -0.39 is 0 Å². The van der Waals surface area contributed by atoms with Crippen molar-refractivity contribution in [2.24, 2.45) is 0 Å². The Morgan fingerprint density at radius 1 is 0.871 bits per heavy atom. The van der Waals surface area contributed by atoms with E-state index in [1.165, 1.54) is 30.6 Å². The van der Waals surface area contributed by atoms with Crippen LogP contribution in [-0.2, 0) is 12.8 Å². The fourth-order valence-corrected chi connectivity index (χ4v) is 5.81. The fourth-order valence-electron chi connectivity index (χ4n) is 5.81. The van der Waals surface area contributed by atoms with Crippen molar-refractivity contribution in [2.75, 3.05) is 49.1 Å². The predicted molar refractivity (Wildman–Crippen MR) is 125 cm³/mol. The van der Waals surface area contributed by atoms with Gasteiger partial charge in [0.1, 0.15) is 6.07 Å². The maximum atomic E-state index is 9.48. The van der Waals surface area contributed by atoms with Crippen LogP contribution in [0.3, 0.4) is 0 Å². The van der Waals surface area contributed by atoms with E-state index in [0.29, 0.717) is 11.6 Å². The molecule has 0 N–H and O–H groups in total. The molecule has 2 fully saturated rings. The molecule has 31 heavy (non-hydrogen) atoms. The third kappa shape index (κ3) is 3.14. The predicted octanol–water partition coefficient (Wildman–Crippen LogP) is 3.61. The van der Waals surface area contributed by atoms with E-state index in [0.717, 1.165) is 50.2 Å². The summed E-state index contributed by atoms with van der Waals surface area (Å²) >= 11 is 0. The van der Waals surface area contributed by atoms with Crippen LogP contribution in [0.2, 0.25) is 0 Å². The van der Waals surface area contributed by atoms with Crippen molar-refractivity contribution in [3.05, 3.63) is 65.4 Å². The first-order valence-electron chi connectivity index (χ1n) is 11.4. The van der Waals surface area contributed by atoms with E-state index in [9.17, 15) is 5.26 Å². The Hall–Kier alpha value is -3.10. The smallest absolute Gasteiger partial charge is 0.101 e. The molecule has 3 heterocycles. The molecule has 5 heteroatoms. The monoisotopic (exact) mass is 409 g/mol. The number of anilines is 2. The second-order valence-corrected chi connectivity index (χ2v) is 8.99. The number of rotatable bonds is 2. The molecule has 1 aliphatic carbocycles. The van der Waals surface area contributed by atoms with Gasteiger partial charge in [-0.05, 0) is 60.7 Å². The molecule has 0 amide bonds. The summed E-state index contributed by atoms with van der Waals surface area (Å²) < 4.78 is 0. The standard InChI is InChI=1S/C26H27N5/c27-16-20-9-10-25(23-7-3-11-28-26(20)23)31-15-13-29-12-14-30(17-21(29)18-31)24-8-2-5-19-4-1-6-22(19)24/h2-3,5,7-11,21H,1,4,6,12-15,17-18H2. The molecule has 3 aliphatic rings. The topological polar surface area (TPSA) is 46.4 Å². The molecule has 156 valence electrons. The normalized spacial score (nSPS) is 21.1. The van der Waals surface area contributed by atoms with E-state index in [1.807, 2.05) is 12.1 Å². The van der Waals surface area contributed by atoms with Gasteiger partial charge in [-0.3, -0.25) is 9.88 Å². The van der Waals surface area contributed by atoms with Crippen LogP contribution < -0.4 is 9.80 Å². The third-order valence-electron chi connectivity index (χ3n) is 7.36. The second kappa shape index (κ2) is 7.55. The van der Waals surface area contributed by atoms with Gasteiger partial charge in [0, 0.05) is 68.3 Å². The van der Waals surface area contributed by atoms with Crippen molar-refractivity contribution >= 4 is 22.3 Å². The van der Waals surface area contributed by atoms with E-state index in [1.54, 1.807) is 17.3 Å². The Morgan fingerprint density at radius 3 is 2.55 bits per heavy atom. The number of benzene rings is 2. The van der Waals surface area contributed by atoms with Gasteiger partial charge in [-0.2, -0.15) is 5.26 Å². The van der Waals surface area contributed by atoms with Crippen molar-refractivity contribution in [3.8, 4) is 6.07 Å². The molecule has 1 atom stereocenters. The van der Waals surface area contributed by atoms with Crippen LogP contribution in [0.25, 0.3) is 10.9 Å². The minimum absolute atomic E-state index is 0.516. The summed E-state index contributed by atoms with van der Waals surface area (Å²) in [5.74, 6) is 0. The number of hydrogen-bond donors (Lipinski definition) is 0. The Labute approximate surface area is 183 Å². The molecule has 0 bridgehead atoms. The van der Waals surface area contributed by atoms with Gasteiger partial charge in [0.05, 0.1) is 11.1 Å². The third-order valence-corrected chi connectivity index (χ3v) is 7.36. The highest BCUT2D eigenvalue weighted by atomic mass is 15.3. The Balaban J connectivity index is 1.28. The lowest BCUT2D eigenvalue weighted by Crippen LogP contribution is -2.62. The SMILES string of the molecule is N#Cc1ccc(N2CCN3CCN(c4cccc5c4CCC5)CC3C2)c2cccnc12. The van der Waals surface area contributed by atoms with Crippen molar-refractivity contribution in [1.29, 1.82) is 5.26 Å². The maximum Gasteiger partial charge on any atom is 0.101 e. The molecule has 5 nitrogen and oxygen atoms in total. The van der Waals surface area contributed by atoms with E-state index in [-0.39, 0.29) is 0 Å². The minimum atomic E-state index is 0.516. The summed E-state index contributed by atoms with van der Waals surface area (Å²) in [5, 5.41) is 10.6. The second-order valence-electron chi connectivity index (χ2n) is 8.99. The average molecular weight is 410 g/mol. The van der Waals surface area contributed by atoms with Crippen molar-refractivity contribution in [1.82, 2.24) is 9.88 Å². The van der Waals surface area contributed by atoms with Crippen LogP contribution in [0.15, 0.2) is 48.7 Å². The summed E-state index contributed by atoms with van der Waals surface area (Å²) in [6.45, 7) is 6.47. The van der Waals surface area contributed by atoms with E-state index >= 15 is 0 Å². The molecular formula is C26H27N5. The average Bonchev–Trinajstić information content (AvgIpc) is 3.32. The Bertz CT molecular complexity index is 1180. The summed E-state index contributed by atoms with van der Waals surface area (Å²) in [6, 6.07) is 17.8. The molecule has 0 spiro atoms. The zero-order chi connectivity index (χ0) is 20.8. The number of aryl methyl sites for hydroxylation is 1. The van der Waals surface area contributed by atoms with E-state index in [4.69, 9.17) is 0 Å². The van der Waals surface area contributed by atoms with Gasteiger partial charge in [0.25, 0.3) is 0 Å². The molecule has 2 aromatic carbocycles. The van der Waals surface area contributed by atoms with Crippen LogP contribution in [0.5, 0.6) is 0 Å². The molecule has 2 aliphatic heterocycles. The van der Waals surface area contributed by atoms with Gasteiger partial charge in [-0.15, -0.1) is 0 Å². The number of aromatic nitrogens is 1. The number of piperazine rings is 2. The lowest BCUT2D eigenvalue weighted by atomic mass is 10.0. The van der Waals surface area contributed by atoms with Crippen molar-refractivity contribution in [2.45, 2.75) is 25.3 Å². The zero-order valence-electron chi connectivity index (χ0n) is 17.8. The summed E-state index contributed by atoms with van der Waals surface area (Å²) in [5.41, 5.74) is 7.30. The van der Waals surface area contributed by atoms with Crippen LogP contribution in [-0.4, -0.2) is 55.2 Å². The number of pyridine rings is 1. The highest BCUT2D eigenvalue weighted by molar-refractivity contribution is 5.95. The minimum Gasteiger partial charge on any atom is -0.368 e. The van der Waals surface area contributed by atoms with Crippen LogP contribution in [0.4, 0.5) is 11.4 Å². The van der Waals surface area contributed by atoms with Gasteiger partial charge < -0.3 is 9.80 Å². The molecular weight excluding hydrogens is 382 g/mol. The van der Waals surface area contributed by atoms with Crippen LogP contribution in [0, 0.1) is 11.3 Å². The quantitative estimate of drug-likeness (QED) is 0.647. The maximum absolute atomic E-state index is 9.48. The molecule has 1 unspecified atom stereocenters. The number of nitrogens with zero attached hydrogens (tertiary/aromatic N) is 5. The van der Waals surface area contributed by atoms with Crippen molar-refractivity contribution in [3.63, 3.8) is 0 Å². The van der Waals surface area contributed by atoms with Crippen LogP contribution >= 0.6 is 0 Å². The molecule has 0 radical (unpaired) electrons. The largest absolute Gasteiger partial charge is 0.368 e. The number of hydrogen-bond acceptors (Lipinski definition) is 5. The lowest BCUT2D eigenvalue weighted by molar-refractivity contribution is 0.160. The number of nitriles is 1. The lowest BCUT2D eigenvalue weighted by Gasteiger charge is -2.49. The molecule has 0 saturated carbocycles. The Kier molecular flexibility index (Phi) is 4.54. The fraction of sp³-hybridized carbons (Fsp3) is 0.385. The summed E-state index contributed by atoms with van der Waals surface area (Å²) in [4.78, 5) is 12.3. The summed E-state index contributed by atoms with van der Waals surface area (Å²) in [7, 11) is 0.